The highest BCUT2D eigenvalue weighted by Gasteiger charge is 2.37. The van der Waals surface area contributed by atoms with E-state index in [2.05, 4.69) is 4.90 Å². The van der Waals surface area contributed by atoms with Crippen molar-refractivity contribution in [3.05, 3.63) is 58.0 Å². The van der Waals surface area contributed by atoms with Crippen LogP contribution in [-0.2, 0) is 26.7 Å². The van der Waals surface area contributed by atoms with E-state index >= 15 is 0 Å². The number of alkyl halides is 6. The Kier molecular flexibility index (Phi) is 9.85. The van der Waals surface area contributed by atoms with Gasteiger partial charge in [0.15, 0.2) is 0 Å². The van der Waals surface area contributed by atoms with E-state index < -0.39 is 35.4 Å². The molecule has 0 saturated carbocycles. The van der Waals surface area contributed by atoms with Gasteiger partial charge >= 0.3 is 18.3 Å². The number of carboxylic acid groups (broad SMARTS) is 1. The highest BCUT2D eigenvalue weighted by atomic mass is 32.2. The van der Waals surface area contributed by atoms with Gasteiger partial charge in [-0.2, -0.15) is 26.3 Å². The van der Waals surface area contributed by atoms with Crippen molar-refractivity contribution in [2.75, 3.05) is 46.0 Å². The molecule has 0 aliphatic carbocycles. The number of aliphatic carboxylic acids is 1. The Hall–Kier alpha value is -3.14. The van der Waals surface area contributed by atoms with Crippen LogP contribution in [-0.4, -0.2) is 77.1 Å². The van der Waals surface area contributed by atoms with Crippen molar-refractivity contribution in [2.45, 2.75) is 18.8 Å². The summed E-state index contributed by atoms with van der Waals surface area (Å²) in [5.41, 5.74) is -3.00. The van der Waals surface area contributed by atoms with Gasteiger partial charge in [-0.25, -0.2) is 0 Å². The fraction of sp³-hybridized carbons (Fsp3) is 0.370. The largest absolute Gasteiger partial charge is 0.492 e. The first-order chi connectivity index (χ1) is 19.7. The van der Waals surface area contributed by atoms with Crippen molar-refractivity contribution >= 4 is 46.3 Å². The number of thioether (sulfide) groups is 1. The molecule has 0 spiro atoms. The number of halogens is 6. The van der Waals surface area contributed by atoms with Crippen LogP contribution in [0.4, 0.5) is 26.3 Å². The number of carbonyl (C=O) groups excluding carboxylic acids is 1. The Morgan fingerprint density at radius 2 is 1.64 bits per heavy atom. The lowest BCUT2D eigenvalue weighted by atomic mass is 9.97. The lowest BCUT2D eigenvalue weighted by molar-refractivity contribution is -0.143. The van der Waals surface area contributed by atoms with Crippen LogP contribution in [0.15, 0.2) is 41.3 Å². The number of hydrogen-bond acceptors (Lipinski definition) is 7. The molecule has 2 aromatic rings. The number of carboxylic acids is 1. The minimum atomic E-state index is -5.02. The van der Waals surface area contributed by atoms with Crippen LogP contribution in [0.2, 0.25) is 0 Å². The Bertz CT molecular complexity index is 1360. The maximum absolute atomic E-state index is 13.5. The summed E-state index contributed by atoms with van der Waals surface area (Å²) in [5.74, 6) is -1.46. The van der Waals surface area contributed by atoms with Crippen molar-refractivity contribution in [2.24, 2.45) is 0 Å². The summed E-state index contributed by atoms with van der Waals surface area (Å²) >= 11 is 6.11. The van der Waals surface area contributed by atoms with Crippen molar-refractivity contribution in [1.29, 1.82) is 0 Å². The lowest BCUT2D eigenvalue weighted by Crippen LogP contribution is -2.38. The molecule has 0 atom stereocenters. The summed E-state index contributed by atoms with van der Waals surface area (Å²) in [5, 5.41) is 8.97. The molecule has 7 nitrogen and oxygen atoms in total. The average molecular weight is 635 g/mol. The molecule has 2 aliphatic heterocycles. The van der Waals surface area contributed by atoms with Gasteiger partial charge in [-0.3, -0.25) is 19.4 Å². The van der Waals surface area contributed by atoms with E-state index in [1.807, 2.05) is 0 Å². The number of hydrogen-bond donors (Lipinski definition) is 1. The van der Waals surface area contributed by atoms with Crippen molar-refractivity contribution in [3.63, 3.8) is 0 Å². The first-order valence-corrected chi connectivity index (χ1v) is 13.8. The SMILES string of the molecule is O=C(O)CCN1C(=O)/C(=C/c2cc(-c3cc(C(F)(F)F)cc(C(F)(F)F)c3)ccc2OCCN2CCOCC2)SC1=S. The second-order valence-corrected chi connectivity index (χ2v) is 11.0. The van der Waals surface area contributed by atoms with Crippen LogP contribution in [0, 0.1) is 0 Å². The van der Waals surface area contributed by atoms with Crippen LogP contribution in [0.25, 0.3) is 17.2 Å². The molecule has 0 aromatic heterocycles. The topological polar surface area (TPSA) is 79.3 Å². The predicted molar refractivity (Wildman–Crippen MR) is 147 cm³/mol. The summed E-state index contributed by atoms with van der Waals surface area (Å²) in [6.07, 6.45) is -9.01. The van der Waals surface area contributed by atoms with Crippen LogP contribution in [0.5, 0.6) is 5.75 Å². The molecule has 0 radical (unpaired) electrons. The zero-order chi connectivity index (χ0) is 30.7. The quantitative estimate of drug-likeness (QED) is 0.212. The molecule has 2 heterocycles. The van der Waals surface area contributed by atoms with Crippen LogP contribution < -0.4 is 4.74 Å². The van der Waals surface area contributed by atoms with Gasteiger partial charge in [-0.05, 0) is 47.5 Å². The van der Waals surface area contributed by atoms with E-state index in [0.717, 1.165) is 16.7 Å². The third-order valence-corrected chi connectivity index (χ3v) is 7.79. The van der Waals surface area contributed by atoms with E-state index in [-0.39, 0.29) is 57.3 Å². The second kappa shape index (κ2) is 13.0. The van der Waals surface area contributed by atoms with E-state index in [1.165, 1.54) is 24.3 Å². The summed E-state index contributed by atoms with van der Waals surface area (Å²) in [6, 6.07) is 5.39. The molecule has 15 heteroatoms. The van der Waals surface area contributed by atoms with Crippen LogP contribution >= 0.6 is 24.0 Å². The lowest BCUT2D eigenvalue weighted by Gasteiger charge is -2.26. The number of nitrogens with zero attached hydrogens (tertiary/aromatic N) is 2. The minimum absolute atomic E-state index is 0.0275. The van der Waals surface area contributed by atoms with Crippen molar-refractivity contribution in [3.8, 4) is 16.9 Å². The van der Waals surface area contributed by atoms with Crippen molar-refractivity contribution in [1.82, 2.24) is 9.80 Å². The smallest absolute Gasteiger partial charge is 0.416 e. The standard InChI is InChI=1S/C27H24F6N2O5S2/c28-26(29,30)19-12-17(13-20(15-19)27(31,32)33)16-1-2-21(40-10-7-34-5-8-39-9-6-34)18(11-16)14-22-24(38)35(25(41)42-22)4-3-23(36)37/h1-2,11-15H,3-10H2,(H,36,37)/b22-14-. The maximum atomic E-state index is 13.5. The zero-order valence-electron chi connectivity index (χ0n) is 21.8. The van der Waals surface area contributed by atoms with Gasteiger partial charge < -0.3 is 14.6 Å². The normalized spacial score (nSPS) is 17.8. The average Bonchev–Trinajstić information content (AvgIpc) is 3.19. The zero-order valence-corrected chi connectivity index (χ0v) is 23.4. The summed E-state index contributed by atoms with van der Waals surface area (Å²) < 4.78 is 92.3. The number of ether oxygens (including phenoxy) is 2. The maximum Gasteiger partial charge on any atom is 0.416 e. The number of carbonyl (C=O) groups is 2. The van der Waals surface area contributed by atoms with Gasteiger partial charge in [0, 0.05) is 31.7 Å². The van der Waals surface area contributed by atoms with Crippen LogP contribution in [0.1, 0.15) is 23.1 Å². The molecule has 2 fully saturated rings. The summed E-state index contributed by atoms with van der Waals surface area (Å²) in [4.78, 5) is 27.3. The van der Waals surface area contributed by atoms with Crippen molar-refractivity contribution < 1.29 is 50.5 Å². The Morgan fingerprint density at radius 1 is 1.00 bits per heavy atom. The molecule has 2 saturated heterocycles. The first kappa shape index (κ1) is 31.8. The molecule has 1 amide bonds. The fourth-order valence-electron chi connectivity index (χ4n) is 4.24. The molecule has 2 aromatic carbocycles. The number of morpholine rings is 1. The van der Waals surface area contributed by atoms with Gasteiger partial charge in [0.2, 0.25) is 0 Å². The Balaban J connectivity index is 1.71. The van der Waals surface area contributed by atoms with E-state index in [1.54, 1.807) is 0 Å². The first-order valence-electron chi connectivity index (χ1n) is 12.6. The van der Waals surface area contributed by atoms with E-state index in [4.69, 9.17) is 26.8 Å². The monoisotopic (exact) mass is 634 g/mol. The minimum Gasteiger partial charge on any atom is -0.492 e. The number of thiocarbonyl (C=S) groups is 1. The van der Waals surface area contributed by atoms with Gasteiger partial charge in [0.05, 0.1) is 35.7 Å². The molecular weight excluding hydrogens is 610 g/mol. The van der Waals surface area contributed by atoms with E-state index in [9.17, 15) is 35.9 Å². The van der Waals surface area contributed by atoms with Gasteiger partial charge in [0.1, 0.15) is 16.7 Å². The molecule has 226 valence electrons. The highest BCUT2D eigenvalue weighted by Crippen LogP contribution is 2.40. The number of benzene rings is 2. The molecule has 1 N–H and O–H groups in total. The van der Waals surface area contributed by atoms with E-state index in [0.29, 0.717) is 45.0 Å². The van der Waals surface area contributed by atoms with Gasteiger partial charge in [-0.1, -0.05) is 30.0 Å². The Labute approximate surface area is 246 Å². The number of rotatable bonds is 9. The molecule has 4 rings (SSSR count). The second-order valence-electron chi connectivity index (χ2n) is 9.33. The summed E-state index contributed by atoms with van der Waals surface area (Å²) in [6.45, 7) is 3.12. The Morgan fingerprint density at radius 3 is 2.24 bits per heavy atom. The fourth-order valence-corrected chi connectivity index (χ4v) is 5.54. The summed E-state index contributed by atoms with van der Waals surface area (Å²) in [7, 11) is 0. The number of amides is 1. The molecular formula is C27H24F6N2O5S2. The third kappa shape index (κ3) is 8.02. The molecule has 0 bridgehead atoms. The molecule has 42 heavy (non-hydrogen) atoms. The van der Waals surface area contributed by atoms with Gasteiger partial charge in [-0.15, -0.1) is 0 Å². The van der Waals surface area contributed by atoms with Gasteiger partial charge in [0.25, 0.3) is 5.91 Å². The highest BCUT2D eigenvalue weighted by molar-refractivity contribution is 8.26. The third-order valence-electron chi connectivity index (χ3n) is 6.41. The van der Waals surface area contributed by atoms with Crippen LogP contribution in [0.3, 0.4) is 0 Å². The molecule has 2 aliphatic rings. The predicted octanol–water partition coefficient (Wildman–Crippen LogP) is 5.78. The molecule has 0 unspecified atom stereocenters.